The molecule has 0 saturated carbocycles. The second kappa shape index (κ2) is 4.84. The van der Waals surface area contributed by atoms with Crippen LogP contribution in [-0.4, -0.2) is 0 Å². The molecule has 72 valence electrons. The lowest BCUT2D eigenvalue weighted by molar-refractivity contribution is -1.92. The Morgan fingerprint density at radius 2 is 1.77 bits per heavy atom. The lowest BCUT2D eigenvalue weighted by atomic mass is 10.2. The van der Waals surface area contributed by atoms with E-state index in [1.54, 1.807) is 24.3 Å². The van der Waals surface area contributed by atoms with Gasteiger partial charge in [0, 0.05) is 0 Å². The van der Waals surface area contributed by atoms with Gasteiger partial charge in [-0.3, -0.25) is 10.3 Å². The first-order valence-corrected chi connectivity index (χ1v) is 6.96. The Balaban J connectivity index is 2.29. The van der Waals surface area contributed by atoms with Crippen molar-refractivity contribution in [3.8, 4) is 0 Å². The molecule has 0 radical (unpaired) electrons. The fourth-order valence-electron chi connectivity index (χ4n) is 0.773. The first-order valence-electron chi connectivity index (χ1n) is 3.44. The standard InChI is InChI=1S/C7H8INO4/c10-8(11,12)13-9-6-7-4-2-1-3-5-7/h1-5,9H,6H2. The van der Waals surface area contributed by atoms with Crippen molar-refractivity contribution in [2.45, 2.75) is 6.54 Å². The summed E-state index contributed by atoms with van der Waals surface area (Å²) < 4.78 is 34.1. The Kier molecular flexibility index (Phi) is 4.03. The molecule has 0 unspecified atom stereocenters. The molecule has 0 aliphatic carbocycles. The summed E-state index contributed by atoms with van der Waals surface area (Å²) in [6, 6.07) is 9.00. The van der Waals surface area contributed by atoms with Crippen LogP contribution in [0, 0.1) is 0 Å². The second-order valence-corrected chi connectivity index (χ2v) is 4.86. The molecule has 13 heavy (non-hydrogen) atoms. The second-order valence-electron chi connectivity index (χ2n) is 2.26. The van der Waals surface area contributed by atoms with Crippen LogP contribution < -0.4 is 35.9 Å². The molecule has 0 amide bonds. The molecule has 0 aliphatic heterocycles. The normalized spacial score (nSPS) is 11.6. The Morgan fingerprint density at radius 3 is 2.31 bits per heavy atom. The van der Waals surface area contributed by atoms with E-state index in [0.717, 1.165) is 5.56 Å². The first-order chi connectivity index (χ1) is 6.08. The molecule has 1 aromatic rings. The van der Waals surface area contributed by atoms with Crippen LogP contribution in [0.5, 0.6) is 0 Å². The number of hydrogen-bond donors (Lipinski definition) is 1. The van der Waals surface area contributed by atoms with E-state index < -0.39 is 20.1 Å². The average molecular weight is 297 g/mol. The molecule has 0 saturated heterocycles. The predicted molar refractivity (Wildman–Crippen MR) is 34.4 cm³/mol. The topological polar surface area (TPSA) is 90.4 Å². The molecule has 0 atom stereocenters. The molecule has 0 heterocycles. The lowest BCUT2D eigenvalue weighted by Crippen LogP contribution is -4.24. The van der Waals surface area contributed by atoms with Crippen LogP contribution in [0.25, 0.3) is 0 Å². The maximum absolute atomic E-state index is 10.1. The molecule has 0 aromatic heterocycles. The van der Waals surface area contributed by atoms with Crippen LogP contribution in [0.1, 0.15) is 5.56 Å². The Morgan fingerprint density at radius 1 is 1.15 bits per heavy atom. The largest absolute Gasteiger partial charge is 0.402 e. The molecule has 0 aliphatic rings. The van der Waals surface area contributed by atoms with Crippen molar-refractivity contribution in [2.75, 3.05) is 0 Å². The van der Waals surface area contributed by atoms with Gasteiger partial charge in [0.1, 0.15) is 3.17 Å². The minimum absolute atomic E-state index is 0.193. The van der Waals surface area contributed by atoms with E-state index in [4.69, 9.17) is 0 Å². The summed E-state index contributed by atoms with van der Waals surface area (Å²) in [5.74, 6) is 0. The van der Waals surface area contributed by atoms with Gasteiger partial charge in [-0.25, -0.2) is 0 Å². The van der Waals surface area contributed by atoms with Gasteiger partial charge in [-0.05, 0) is 5.56 Å². The molecule has 0 bridgehead atoms. The zero-order valence-electron chi connectivity index (χ0n) is 6.60. The van der Waals surface area contributed by atoms with Gasteiger partial charge in [-0.2, -0.15) is 0 Å². The van der Waals surface area contributed by atoms with E-state index in [1.807, 2.05) is 6.07 Å². The number of nitrogens with one attached hydrogen (secondary N) is 1. The maximum Gasteiger partial charge on any atom is 0.402 e. The highest BCUT2D eigenvalue weighted by Gasteiger charge is 2.26. The number of hydroxylamine groups is 1. The number of hydrogen-bond acceptors (Lipinski definition) is 5. The van der Waals surface area contributed by atoms with Crippen LogP contribution >= 0.6 is 0 Å². The SMILES string of the molecule is [O-][I+3]([O-])([O-])ONCc1ccccc1. The molecule has 0 spiro atoms. The van der Waals surface area contributed by atoms with E-state index >= 15 is 0 Å². The monoisotopic (exact) mass is 297 g/mol. The predicted octanol–water partition coefficient (Wildman–Crippen LogP) is -5.39. The van der Waals surface area contributed by atoms with Gasteiger partial charge in [-0.15, -0.1) is 0 Å². The maximum atomic E-state index is 10.1. The summed E-state index contributed by atoms with van der Waals surface area (Å²) in [4.78, 5) is 0. The molecule has 1 rings (SSSR count). The molecular formula is C7H8INO4. The summed E-state index contributed by atoms with van der Waals surface area (Å²) in [7, 11) is 0. The van der Waals surface area contributed by atoms with Crippen molar-refractivity contribution < 1.29 is 33.6 Å². The summed E-state index contributed by atoms with van der Waals surface area (Å²) in [6.45, 7) is 0.193. The van der Waals surface area contributed by atoms with Crippen LogP contribution in [0.2, 0.25) is 0 Å². The fourth-order valence-corrected chi connectivity index (χ4v) is 1.31. The average Bonchev–Trinajstić information content (AvgIpc) is 2.04. The fraction of sp³-hybridized carbons (Fsp3) is 0.143. The Hall–Kier alpha value is -0.250. The molecule has 6 heteroatoms. The third kappa shape index (κ3) is 5.13. The van der Waals surface area contributed by atoms with Crippen molar-refractivity contribution in [3.63, 3.8) is 0 Å². The summed E-state index contributed by atoms with van der Waals surface area (Å²) in [5.41, 5.74) is 2.92. The minimum Gasteiger partial charge on any atom is -0.254 e. The van der Waals surface area contributed by atoms with Crippen molar-refractivity contribution >= 4 is 0 Å². The van der Waals surface area contributed by atoms with Gasteiger partial charge in [-0.1, -0.05) is 35.8 Å². The third-order valence-corrected chi connectivity index (χ3v) is 2.12. The Labute approximate surface area is 81.6 Å². The molecule has 0 fully saturated rings. The van der Waals surface area contributed by atoms with Crippen LogP contribution in [0.15, 0.2) is 30.3 Å². The minimum atomic E-state index is -5.55. The van der Waals surface area contributed by atoms with Gasteiger partial charge in [0.25, 0.3) is 0 Å². The summed E-state index contributed by atoms with van der Waals surface area (Å²) in [5, 5.41) is 0. The highest BCUT2D eigenvalue weighted by atomic mass is 127. The van der Waals surface area contributed by atoms with Gasteiger partial charge >= 0.3 is 20.1 Å². The van der Waals surface area contributed by atoms with Crippen LogP contribution in [0.3, 0.4) is 0 Å². The van der Waals surface area contributed by atoms with Crippen molar-refractivity contribution in [3.05, 3.63) is 35.9 Å². The van der Waals surface area contributed by atoms with Gasteiger partial charge in [0.2, 0.25) is 0 Å². The van der Waals surface area contributed by atoms with Crippen LogP contribution in [0.4, 0.5) is 0 Å². The quantitative estimate of drug-likeness (QED) is 0.442. The molecule has 1 aromatic carbocycles. The molecular weight excluding hydrogens is 289 g/mol. The van der Waals surface area contributed by atoms with Crippen molar-refractivity contribution in [1.82, 2.24) is 5.48 Å². The molecule has 1 N–H and O–H groups in total. The van der Waals surface area contributed by atoms with Gasteiger partial charge < -0.3 is 0 Å². The van der Waals surface area contributed by atoms with E-state index in [1.165, 1.54) is 0 Å². The smallest absolute Gasteiger partial charge is 0.254 e. The summed E-state index contributed by atoms with van der Waals surface area (Å²) in [6.07, 6.45) is 0. The van der Waals surface area contributed by atoms with E-state index in [-0.39, 0.29) is 6.54 Å². The number of halogens is 1. The lowest BCUT2D eigenvalue weighted by Gasteiger charge is -2.04. The van der Waals surface area contributed by atoms with Gasteiger partial charge in [0.05, 0.1) is 6.54 Å². The number of benzene rings is 1. The van der Waals surface area contributed by atoms with E-state index in [2.05, 4.69) is 8.65 Å². The first kappa shape index (κ1) is 10.8. The van der Waals surface area contributed by atoms with Crippen molar-refractivity contribution in [1.29, 1.82) is 0 Å². The Bertz CT molecular complexity index is 248. The van der Waals surface area contributed by atoms with E-state index in [9.17, 15) is 10.3 Å². The highest BCUT2D eigenvalue weighted by molar-refractivity contribution is 5.13. The zero-order valence-corrected chi connectivity index (χ0v) is 8.76. The molecule has 5 nitrogen and oxygen atoms in total. The third-order valence-electron chi connectivity index (χ3n) is 1.27. The van der Waals surface area contributed by atoms with Crippen molar-refractivity contribution in [2.24, 2.45) is 0 Å². The highest BCUT2D eigenvalue weighted by Crippen LogP contribution is 1.95. The van der Waals surface area contributed by atoms with Gasteiger partial charge in [0.15, 0.2) is 0 Å². The van der Waals surface area contributed by atoms with Crippen LogP contribution in [-0.2, 0) is 9.71 Å². The number of rotatable bonds is 4. The zero-order chi connectivity index (χ0) is 9.73. The summed E-state index contributed by atoms with van der Waals surface area (Å²) >= 11 is -5.55. The van der Waals surface area contributed by atoms with E-state index in [0.29, 0.717) is 0 Å².